The van der Waals surface area contributed by atoms with Gasteiger partial charge >= 0.3 is 5.97 Å². The second kappa shape index (κ2) is 10.8. The Balaban J connectivity index is 1.62. The molecule has 0 aromatic heterocycles. The minimum Gasteiger partial charge on any atom is -0.493 e. The monoisotopic (exact) mass is 547 g/mol. The average Bonchev–Trinajstić information content (AvgIpc) is 3.31. The van der Waals surface area contributed by atoms with Crippen LogP contribution in [0.1, 0.15) is 16.7 Å². The average molecular weight is 548 g/mol. The molecule has 3 aromatic carbocycles. The van der Waals surface area contributed by atoms with E-state index < -0.39 is 16.0 Å². The van der Waals surface area contributed by atoms with E-state index in [1.807, 2.05) is 12.1 Å². The molecular weight excluding hydrogens is 525 g/mol. The molecule has 0 N–H and O–H groups in total. The number of hydrogen-bond donors (Lipinski definition) is 0. The van der Waals surface area contributed by atoms with Gasteiger partial charge in [-0.3, -0.25) is 4.31 Å². The predicted octanol–water partition coefficient (Wildman–Crippen LogP) is 5.52. The van der Waals surface area contributed by atoms with Crippen molar-refractivity contribution in [3.05, 3.63) is 87.4 Å². The summed E-state index contributed by atoms with van der Waals surface area (Å²) < 4.78 is 44.8. The van der Waals surface area contributed by atoms with E-state index in [1.165, 1.54) is 36.7 Å². The Labute approximate surface area is 219 Å². The number of rotatable bonds is 8. The van der Waals surface area contributed by atoms with E-state index in [9.17, 15) is 13.2 Å². The molecule has 4 rings (SSSR count). The molecule has 7 nitrogen and oxygen atoms in total. The van der Waals surface area contributed by atoms with Crippen molar-refractivity contribution in [2.24, 2.45) is 0 Å². The second-order valence-electron chi connectivity index (χ2n) is 7.85. The van der Waals surface area contributed by atoms with E-state index in [-0.39, 0.29) is 23.0 Å². The Morgan fingerprint density at radius 1 is 1.03 bits per heavy atom. The molecule has 0 saturated heterocycles. The lowest BCUT2D eigenvalue weighted by Gasteiger charge is -2.22. The van der Waals surface area contributed by atoms with Gasteiger partial charge < -0.3 is 14.2 Å². The number of methoxy groups -OCH3 is 2. The van der Waals surface area contributed by atoms with Crippen molar-refractivity contribution in [1.29, 1.82) is 0 Å². The van der Waals surface area contributed by atoms with E-state index in [2.05, 4.69) is 0 Å². The van der Waals surface area contributed by atoms with Crippen LogP contribution in [0.5, 0.6) is 11.5 Å². The van der Waals surface area contributed by atoms with Crippen LogP contribution in [0.25, 0.3) is 6.08 Å². The number of carbonyl (C=O) groups excluding carboxylic acids is 1. The first-order valence-electron chi connectivity index (χ1n) is 10.9. The van der Waals surface area contributed by atoms with Crippen molar-refractivity contribution >= 4 is 51.0 Å². The maximum Gasteiger partial charge on any atom is 0.331 e. The van der Waals surface area contributed by atoms with Crippen LogP contribution in [-0.2, 0) is 32.6 Å². The lowest BCUT2D eigenvalue weighted by Crippen LogP contribution is -2.29. The van der Waals surface area contributed by atoms with Crippen LogP contribution < -0.4 is 13.8 Å². The van der Waals surface area contributed by atoms with Crippen LogP contribution in [0.4, 0.5) is 5.69 Å². The zero-order chi connectivity index (χ0) is 25.9. The molecule has 0 spiro atoms. The minimum atomic E-state index is -4.00. The number of ether oxygens (including phenoxy) is 3. The quantitative estimate of drug-likeness (QED) is 0.273. The molecule has 3 aromatic rings. The number of sulfonamides is 1. The summed E-state index contributed by atoms with van der Waals surface area (Å²) in [6.07, 6.45) is 3.23. The molecule has 0 fully saturated rings. The normalized spacial score (nSPS) is 13.1. The number of halogens is 2. The van der Waals surface area contributed by atoms with Gasteiger partial charge in [0.25, 0.3) is 10.0 Å². The van der Waals surface area contributed by atoms with Gasteiger partial charge in [0.2, 0.25) is 0 Å². The summed E-state index contributed by atoms with van der Waals surface area (Å²) in [4.78, 5) is 12.3. The van der Waals surface area contributed by atoms with Gasteiger partial charge in [0.15, 0.2) is 11.5 Å². The molecule has 0 radical (unpaired) electrons. The Morgan fingerprint density at radius 3 is 2.44 bits per heavy atom. The Bertz CT molecular complexity index is 1420. The summed E-state index contributed by atoms with van der Waals surface area (Å²) >= 11 is 12.2. The van der Waals surface area contributed by atoms with E-state index in [1.54, 1.807) is 36.4 Å². The molecule has 0 unspecified atom stereocenters. The molecule has 0 bridgehead atoms. The molecule has 36 heavy (non-hydrogen) atoms. The standard InChI is InChI=1S/C26H23Cl2NO6S/c1-33-23-14-17(10-11-25(30)35-16-19-20(27)7-5-8-21(19)28)15-24(26(23)34-2)36(31,32)29-13-12-18-6-3-4-9-22(18)29/h3-11,14-15H,12-13,16H2,1-2H3/b11-10+. The molecule has 1 aliphatic rings. The summed E-state index contributed by atoms with van der Waals surface area (Å²) in [5, 5.41) is 0.773. The maximum absolute atomic E-state index is 13.7. The van der Waals surface area contributed by atoms with E-state index in [0.717, 1.165) is 5.56 Å². The predicted molar refractivity (Wildman–Crippen MR) is 140 cm³/mol. The van der Waals surface area contributed by atoms with Gasteiger partial charge in [0, 0.05) is 28.2 Å². The van der Waals surface area contributed by atoms with Crippen LogP contribution in [0, 0.1) is 0 Å². The highest BCUT2D eigenvalue weighted by molar-refractivity contribution is 7.93. The van der Waals surface area contributed by atoms with E-state index >= 15 is 0 Å². The summed E-state index contributed by atoms with van der Waals surface area (Å²) in [5.74, 6) is -0.365. The van der Waals surface area contributed by atoms with Crippen molar-refractivity contribution in [3.8, 4) is 11.5 Å². The number of esters is 1. The number of hydrogen-bond acceptors (Lipinski definition) is 6. The van der Waals surface area contributed by atoms with Crippen LogP contribution >= 0.6 is 23.2 Å². The third kappa shape index (κ3) is 5.16. The Morgan fingerprint density at radius 2 is 1.75 bits per heavy atom. The highest BCUT2D eigenvalue weighted by Crippen LogP contribution is 2.40. The number of carbonyl (C=O) groups is 1. The van der Waals surface area contributed by atoms with Gasteiger partial charge in [-0.05, 0) is 54.0 Å². The number of benzene rings is 3. The molecule has 0 amide bonds. The first-order chi connectivity index (χ1) is 17.3. The van der Waals surface area contributed by atoms with Crippen LogP contribution in [0.15, 0.2) is 65.6 Å². The fourth-order valence-electron chi connectivity index (χ4n) is 3.94. The largest absolute Gasteiger partial charge is 0.493 e. The van der Waals surface area contributed by atoms with E-state index in [4.69, 9.17) is 37.4 Å². The SMILES string of the molecule is COc1cc(/C=C/C(=O)OCc2c(Cl)cccc2Cl)cc(S(=O)(=O)N2CCc3ccccc32)c1OC. The highest BCUT2D eigenvalue weighted by atomic mass is 35.5. The zero-order valence-electron chi connectivity index (χ0n) is 19.5. The lowest BCUT2D eigenvalue weighted by atomic mass is 10.2. The molecule has 0 aliphatic carbocycles. The number of fused-ring (bicyclic) bond motifs is 1. The van der Waals surface area contributed by atoms with E-state index in [0.29, 0.717) is 39.8 Å². The molecule has 0 atom stereocenters. The fraction of sp³-hybridized carbons (Fsp3) is 0.192. The first kappa shape index (κ1) is 25.9. The fourth-order valence-corrected chi connectivity index (χ4v) is 6.16. The Kier molecular flexibility index (Phi) is 7.78. The summed E-state index contributed by atoms with van der Waals surface area (Å²) in [7, 11) is -1.21. The van der Waals surface area contributed by atoms with Crippen molar-refractivity contribution in [2.45, 2.75) is 17.9 Å². The molecule has 10 heteroatoms. The number of nitrogens with zero attached hydrogens (tertiary/aromatic N) is 1. The summed E-state index contributed by atoms with van der Waals surface area (Å²) in [6, 6.07) is 15.4. The van der Waals surface area contributed by atoms with Crippen LogP contribution in [-0.4, -0.2) is 35.2 Å². The van der Waals surface area contributed by atoms with Crippen molar-refractivity contribution in [3.63, 3.8) is 0 Å². The van der Waals surface area contributed by atoms with Gasteiger partial charge in [0.05, 0.1) is 19.9 Å². The molecule has 1 heterocycles. The summed E-state index contributed by atoms with van der Waals surface area (Å²) in [6.45, 7) is 0.200. The molecule has 1 aliphatic heterocycles. The highest BCUT2D eigenvalue weighted by Gasteiger charge is 2.34. The van der Waals surface area contributed by atoms with Crippen molar-refractivity contribution in [1.82, 2.24) is 0 Å². The second-order valence-corrected chi connectivity index (χ2v) is 10.5. The molecular formula is C26H23Cl2NO6S. The zero-order valence-corrected chi connectivity index (χ0v) is 21.9. The minimum absolute atomic E-state index is 0.0723. The van der Waals surface area contributed by atoms with Crippen LogP contribution in [0.2, 0.25) is 10.0 Å². The maximum atomic E-state index is 13.7. The van der Waals surface area contributed by atoms with Crippen molar-refractivity contribution in [2.75, 3.05) is 25.1 Å². The van der Waals surface area contributed by atoms with Gasteiger partial charge in [-0.1, -0.05) is 47.5 Å². The lowest BCUT2D eigenvalue weighted by molar-refractivity contribution is -0.138. The third-order valence-corrected chi connectivity index (χ3v) is 8.24. The van der Waals surface area contributed by atoms with Gasteiger partial charge in [-0.25, -0.2) is 13.2 Å². The van der Waals surface area contributed by atoms with Gasteiger partial charge in [-0.2, -0.15) is 0 Å². The summed E-state index contributed by atoms with van der Waals surface area (Å²) in [5.41, 5.74) is 2.48. The number of para-hydroxylation sites is 1. The van der Waals surface area contributed by atoms with Gasteiger partial charge in [0.1, 0.15) is 11.5 Å². The Hall–Kier alpha value is -3.20. The molecule has 188 valence electrons. The van der Waals surface area contributed by atoms with Gasteiger partial charge in [-0.15, -0.1) is 0 Å². The smallest absolute Gasteiger partial charge is 0.331 e. The van der Waals surface area contributed by atoms with Crippen molar-refractivity contribution < 1.29 is 27.4 Å². The topological polar surface area (TPSA) is 82.1 Å². The first-order valence-corrected chi connectivity index (χ1v) is 13.1. The number of anilines is 1. The molecule has 0 saturated carbocycles. The van der Waals surface area contributed by atoms with Crippen LogP contribution in [0.3, 0.4) is 0 Å². The third-order valence-electron chi connectivity index (χ3n) is 5.71.